The van der Waals surface area contributed by atoms with Gasteiger partial charge in [0.1, 0.15) is 6.10 Å². The third kappa shape index (κ3) is 1.57. The Morgan fingerprint density at radius 2 is 1.67 bits per heavy atom. The number of aryl methyl sites for hydroxylation is 1. The van der Waals surface area contributed by atoms with E-state index >= 15 is 0 Å². The summed E-state index contributed by atoms with van der Waals surface area (Å²) in [6, 6.07) is 15.4. The Hall–Kier alpha value is -1.93. The zero-order valence-electron chi connectivity index (χ0n) is 10.1. The first kappa shape index (κ1) is 11.2. The summed E-state index contributed by atoms with van der Waals surface area (Å²) in [6.07, 6.45) is -0.954. The van der Waals surface area contributed by atoms with Crippen LogP contribution in [0, 0.1) is 6.92 Å². The monoisotopic (exact) mass is 238 g/mol. The molecule has 0 bridgehead atoms. The largest absolute Gasteiger partial charge is 0.384 e. The molecule has 0 heterocycles. The highest BCUT2D eigenvalue weighted by atomic mass is 16.3. The molecule has 1 aliphatic rings. The van der Waals surface area contributed by atoms with E-state index in [0.717, 1.165) is 11.1 Å². The van der Waals surface area contributed by atoms with Gasteiger partial charge >= 0.3 is 0 Å². The molecule has 2 atom stereocenters. The van der Waals surface area contributed by atoms with E-state index in [2.05, 4.69) is 0 Å². The summed E-state index contributed by atoms with van der Waals surface area (Å²) >= 11 is 0. The molecule has 90 valence electrons. The maximum atomic E-state index is 12.0. The number of hydrogen-bond donors (Lipinski definition) is 1. The Morgan fingerprint density at radius 3 is 2.39 bits per heavy atom. The van der Waals surface area contributed by atoms with Gasteiger partial charge in [-0.25, -0.2) is 0 Å². The van der Waals surface area contributed by atoms with Gasteiger partial charge in [0.2, 0.25) is 0 Å². The van der Waals surface area contributed by atoms with Crippen LogP contribution in [0.15, 0.2) is 48.5 Å². The first-order chi connectivity index (χ1) is 8.68. The Balaban J connectivity index is 2.13. The summed E-state index contributed by atoms with van der Waals surface area (Å²) in [6.45, 7) is 2.02. The molecule has 3 rings (SSSR count). The number of benzene rings is 2. The summed E-state index contributed by atoms with van der Waals surface area (Å²) in [5.74, 6) is -0.398. The van der Waals surface area contributed by atoms with E-state index in [1.54, 1.807) is 6.07 Å². The molecule has 0 saturated heterocycles. The summed E-state index contributed by atoms with van der Waals surface area (Å²) in [4.78, 5) is 12.0. The Morgan fingerprint density at radius 1 is 1.00 bits per heavy atom. The van der Waals surface area contributed by atoms with Gasteiger partial charge in [-0.1, -0.05) is 54.1 Å². The highest BCUT2D eigenvalue weighted by Crippen LogP contribution is 2.38. The van der Waals surface area contributed by atoms with E-state index in [-0.39, 0.29) is 11.7 Å². The van der Waals surface area contributed by atoms with Gasteiger partial charge in [0, 0.05) is 11.5 Å². The van der Waals surface area contributed by atoms with Gasteiger partial charge in [-0.05, 0) is 18.1 Å². The molecule has 0 saturated carbocycles. The summed E-state index contributed by atoms with van der Waals surface area (Å²) in [5.41, 5.74) is 3.74. The summed E-state index contributed by atoms with van der Waals surface area (Å²) in [5, 5.41) is 10.2. The predicted molar refractivity (Wildman–Crippen MR) is 69.8 cm³/mol. The first-order valence-corrected chi connectivity index (χ1v) is 6.06. The fraction of sp³-hybridized carbons (Fsp3) is 0.188. The van der Waals surface area contributed by atoms with E-state index < -0.39 is 6.10 Å². The maximum Gasteiger partial charge on any atom is 0.192 e. The molecular formula is C16H14O2. The van der Waals surface area contributed by atoms with Crippen molar-refractivity contribution in [1.29, 1.82) is 0 Å². The lowest BCUT2D eigenvalue weighted by Gasteiger charge is -2.15. The normalized spacial score (nSPS) is 22.0. The molecule has 2 unspecified atom stereocenters. The molecule has 2 heteroatoms. The van der Waals surface area contributed by atoms with Crippen molar-refractivity contribution in [3.8, 4) is 0 Å². The van der Waals surface area contributed by atoms with Crippen LogP contribution in [0.25, 0.3) is 0 Å². The van der Waals surface area contributed by atoms with Crippen LogP contribution in [0.4, 0.5) is 0 Å². The van der Waals surface area contributed by atoms with Gasteiger partial charge in [0.25, 0.3) is 0 Å². The van der Waals surface area contributed by atoms with E-state index in [0.29, 0.717) is 5.56 Å². The van der Waals surface area contributed by atoms with Crippen molar-refractivity contribution in [2.24, 2.45) is 0 Å². The zero-order chi connectivity index (χ0) is 12.7. The van der Waals surface area contributed by atoms with Crippen molar-refractivity contribution in [3.05, 3.63) is 70.8 Å². The Bertz CT molecular complexity index is 599. The second kappa shape index (κ2) is 4.07. The second-order valence-corrected chi connectivity index (χ2v) is 4.78. The first-order valence-electron chi connectivity index (χ1n) is 6.06. The van der Waals surface area contributed by atoms with Gasteiger partial charge < -0.3 is 5.11 Å². The van der Waals surface area contributed by atoms with Gasteiger partial charge in [0.15, 0.2) is 5.78 Å². The number of ketones is 1. The number of aliphatic hydroxyl groups excluding tert-OH is 1. The number of Topliss-reactive ketones (excluding diaryl/α,β-unsaturated/α-hetero) is 1. The molecule has 0 spiro atoms. The molecule has 0 fully saturated rings. The molecule has 1 aliphatic carbocycles. The SMILES string of the molecule is Cc1ccc(C2c3ccccc3C(=O)C2O)cc1. The van der Waals surface area contributed by atoms with Crippen LogP contribution < -0.4 is 0 Å². The van der Waals surface area contributed by atoms with Crippen LogP contribution >= 0.6 is 0 Å². The summed E-state index contributed by atoms with van der Waals surface area (Å²) < 4.78 is 0. The number of rotatable bonds is 1. The van der Waals surface area contributed by atoms with Crippen LogP contribution in [0.5, 0.6) is 0 Å². The number of carbonyl (C=O) groups is 1. The Labute approximate surface area is 106 Å². The van der Waals surface area contributed by atoms with Crippen molar-refractivity contribution in [2.75, 3.05) is 0 Å². The fourth-order valence-corrected chi connectivity index (χ4v) is 2.61. The highest BCUT2D eigenvalue weighted by Gasteiger charge is 2.38. The zero-order valence-corrected chi connectivity index (χ0v) is 10.1. The van der Waals surface area contributed by atoms with E-state index in [9.17, 15) is 9.90 Å². The molecule has 0 aromatic heterocycles. The van der Waals surface area contributed by atoms with Gasteiger partial charge in [-0.2, -0.15) is 0 Å². The third-order valence-electron chi connectivity index (χ3n) is 3.58. The molecule has 1 N–H and O–H groups in total. The van der Waals surface area contributed by atoms with Gasteiger partial charge in [0.05, 0.1) is 0 Å². The van der Waals surface area contributed by atoms with Crippen molar-refractivity contribution < 1.29 is 9.90 Å². The standard InChI is InChI=1S/C16H14O2/c1-10-6-8-11(9-7-10)14-12-4-2-3-5-13(12)15(17)16(14)18/h2-9,14,16,18H,1H3. The second-order valence-electron chi connectivity index (χ2n) is 4.78. The molecule has 2 aromatic rings. The van der Waals surface area contributed by atoms with Crippen LogP contribution in [-0.4, -0.2) is 17.0 Å². The topological polar surface area (TPSA) is 37.3 Å². The number of aliphatic hydroxyl groups is 1. The van der Waals surface area contributed by atoms with Crippen LogP contribution in [0.3, 0.4) is 0 Å². The minimum atomic E-state index is -0.954. The lowest BCUT2D eigenvalue weighted by Crippen LogP contribution is -2.20. The fourth-order valence-electron chi connectivity index (χ4n) is 2.61. The van der Waals surface area contributed by atoms with Crippen molar-refractivity contribution >= 4 is 5.78 Å². The lowest BCUT2D eigenvalue weighted by molar-refractivity contribution is 0.0754. The van der Waals surface area contributed by atoms with Gasteiger partial charge in [-0.15, -0.1) is 0 Å². The average Bonchev–Trinajstić information content (AvgIpc) is 2.64. The third-order valence-corrected chi connectivity index (χ3v) is 3.58. The van der Waals surface area contributed by atoms with Crippen LogP contribution in [-0.2, 0) is 0 Å². The summed E-state index contributed by atoms with van der Waals surface area (Å²) in [7, 11) is 0. The van der Waals surface area contributed by atoms with Crippen LogP contribution in [0.2, 0.25) is 0 Å². The lowest BCUT2D eigenvalue weighted by atomic mass is 9.91. The molecule has 18 heavy (non-hydrogen) atoms. The molecule has 0 aliphatic heterocycles. The Kier molecular flexibility index (Phi) is 2.53. The van der Waals surface area contributed by atoms with Crippen LogP contribution in [0.1, 0.15) is 33.0 Å². The number of carbonyl (C=O) groups excluding carboxylic acids is 1. The molecule has 0 radical (unpaired) electrons. The minimum absolute atomic E-state index is 0.170. The highest BCUT2D eigenvalue weighted by molar-refractivity contribution is 6.05. The van der Waals surface area contributed by atoms with Crippen molar-refractivity contribution in [3.63, 3.8) is 0 Å². The molecule has 0 amide bonds. The molecular weight excluding hydrogens is 224 g/mol. The molecule has 2 aromatic carbocycles. The van der Waals surface area contributed by atoms with E-state index in [4.69, 9.17) is 0 Å². The number of fused-ring (bicyclic) bond motifs is 1. The maximum absolute atomic E-state index is 12.0. The van der Waals surface area contributed by atoms with Crippen molar-refractivity contribution in [2.45, 2.75) is 18.9 Å². The number of hydrogen-bond acceptors (Lipinski definition) is 2. The quantitative estimate of drug-likeness (QED) is 0.829. The predicted octanol–water partition coefficient (Wildman–Crippen LogP) is 2.68. The average molecular weight is 238 g/mol. The van der Waals surface area contributed by atoms with E-state index in [1.165, 1.54) is 5.56 Å². The smallest absolute Gasteiger partial charge is 0.192 e. The van der Waals surface area contributed by atoms with Gasteiger partial charge in [-0.3, -0.25) is 4.79 Å². The molecule has 2 nitrogen and oxygen atoms in total. The van der Waals surface area contributed by atoms with Crippen molar-refractivity contribution in [1.82, 2.24) is 0 Å². The van der Waals surface area contributed by atoms with E-state index in [1.807, 2.05) is 49.4 Å². The minimum Gasteiger partial charge on any atom is -0.384 e.